The van der Waals surface area contributed by atoms with Crippen LogP contribution in [0.25, 0.3) is 16.0 Å². The second-order valence-electron chi connectivity index (χ2n) is 5.58. The smallest absolute Gasteiger partial charge is 0.335 e. The Morgan fingerprint density at radius 3 is 2.31 bits per heavy atom. The van der Waals surface area contributed by atoms with Crippen molar-refractivity contribution in [2.45, 2.75) is 0 Å². The summed E-state index contributed by atoms with van der Waals surface area (Å²) in [5, 5.41) is 10.9. The van der Waals surface area contributed by atoms with E-state index >= 15 is 0 Å². The molecule has 0 radical (unpaired) electrons. The van der Waals surface area contributed by atoms with Crippen LogP contribution >= 0.6 is 11.3 Å². The summed E-state index contributed by atoms with van der Waals surface area (Å²) in [5.41, 5.74) is 2.48. The highest BCUT2D eigenvalue weighted by Crippen LogP contribution is 2.35. The van der Waals surface area contributed by atoms with Crippen molar-refractivity contribution in [3.8, 4) is 16.2 Å². The summed E-state index contributed by atoms with van der Waals surface area (Å²) in [6.07, 6.45) is 0. The number of allylic oxidation sites excluding steroid dienone is 1. The molecule has 1 heterocycles. The normalized spacial score (nSPS) is 10.3. The number of ketones is 1. The van der Waals surface area contributed by atoms with Gasteiger partial charge in [-0.1, -0.05) is 24.8 Å². The lowest BCUT2D eigenvalue weighted by Gasteiger charge is -2.12. The third-order valence-corrected chi connectivity index (χ3v) is 4.91. The van der Waals surface area contributed by atoms with Crippen LogP contribution in [0.5, 0.6) is 5.75 Å². The Morgan fingerprint density at radius 2 is 1.73 bits per heavy atom. The largest absolute Gasteiger partial charge is 0.497 e. The van der Waals surface area contributed by atoms with E-state index in [2.05, 4.69) is 6.58 Å². The molecule has 0 saturated carbocycles. The maximum atomic E-state index is 12.8. The minimum Gasteiger partial charge on any atom is -0.497 e. The average Bonchev–Trinajstić information content (AvgIpc) is 3.21. The summed E-state index contributed by atoms with van der Waals surface area (Å²) in [7, 11) is 1.59. The number of benzene rings is 2. The Balaban J connectivity index is 1.99. The fourth-order valence-electron chi connectivity index (χ4n) is 2.61. The van der Waals surface area contributed by atoms with Gasteiger partial charge in [0.2, 0.25) is 0 Å². The topological polar surface area (TPSA) is 63.6 Å². The predicted molar refractivity (Wildman–Crippen MR) is 103 cm³/mol. The molecule has 0 fully saturated rings. The molecule has 0 aliphatic heterocycles. The van der Waals surface area contributed by atoms with E-state index in [1.165, 1.54) is 24.3 Å². The molecule has 0 spiro atoms. The third kappa shape index (κ3) is 3.43. The molecule has 5 heteroatoms. The monoisotopic (exact) mass is 364 g/mol. The number of carboxylic acid groups (broad SMARTS) is 1. The summed E-state index contributed by atoms with van der Waals surface area (Å²) in [4.78, 5) is 24.8. The van der Waals surface area contributed by atoms with Gasteiger partial charge >= 0.3 is 5.97 Å². The second kappa shape index (κ2) is 7.37. The number of hydrogen-bond donors (Lipinski definition) is 1. The van der Waals surface area contributed by atoms with E-state index in [0.29, 0.717) is 16.9 Å². The minimum absolute atomic E-state index is 0.135. The molecule has 0 unspecified atom stereocenters. The number of Topliss-reactive ketones (excluding diaryl/α,β-unsaturated/α-hetero) is 1. The van der Waals surface area contributed by atoms with E-state index in [1.54, 1.807) is 24.5 Å². The Morgan fingerprint density at radius 1 is 1.04 bits per heavy atom. The highest BCUT2D eigenvalue weighted by Gasteiger charge is 2.18. The molecule has 0 atom stereocenters. The molecule has 1 aromatic heterocycles. The molecule has 2 aromatic carbocycles. The lowest BCUT2D eigenvalue weighted by atomic mass is 9.93. The van der Waals surface area contributed by atoms with Crippen molar-refractivity contribution in [3.05, 3.63) is 83.2 Å². The van der Waals surface area contributed by atoms with Crippen molar-refractivity contribution in [3.63, 3.8) is 0 Å². The summed E-state index contributed by atoms with van der Waals surface area (Å²) in [6.45, 7) is 3.98. The standard InChI is InChI=1S/C21H16O4S/c1-13(20(22)14-5-7-15(8-6-14)21(23)24)17-10-9-16(25-2)12-18(17)19-4-3-11-26-19/h3-12H,1H2,2H3,(H,23,24). The van der Waals surface area contributed by atoms with Gasteiger partial charge in [-0.2, -0.15) is 0 Å². The molecule has 0 amide bonds. The van der Waals surface area contributed by atoms with Gasteiger partial charge in [0.05, 0.1) is 12.7 Å². The van der Waals surface area contributed by atoms with Gasteiger partial charge in [-0.3, -0.25) is 4.79 Å². The zero-order valence-corrected chi connectivity index (χ0v) is 14.9. The molecule has 130 valence electrons. The van der Waals surface area contributed by atoms with Crippen LogP contribution in [-0.4, -0.2) is 24.0 Å². The first-order valence-electron chi connectivity index (χ1n) is 7.80. The summed E-state index contributed by atoms with van der Waals surface area (Å²) in [6, 6.07) is 15.2. The quantitative estimate of drug-likeness (QED) is 0.493. The number of thiophene rings is 1. The Hall–Kier alpha value is -3.18. The number of methoxy groups -OCH3 is 1. The SMILES string of the molecule is C=C(C(=O)c1ccc(C(=O)O)cc1)c1ccc(OC)cc1-c1cccs1. The molecule has 26 heavy (non-hydrogen) atoms. The fourth-order valence-corrected chi connectivity index (χ4v) is 3.37. The molecule has 0 aliphatic rings. The Kier molecular flexibility index (Phi) is 5.00. The fraction of sp³-hybridized carbons (Fsp3) is 0.0476. The molecule has 1 N–H and O–H groups in total. The first-order valence-corrected chi connectivity index (χ1v) is 8.68. The van der Waals surface area contributed by atoms with Gasteiger partial charge < -0.3 is 9.84 Å². The van der Waals surface area contributed by atoms with E-state index in [4.69, 9.17) is 9.84 Å². The van der Waals surface area contributed by atoms with Gasteiger partial charge in [0.25, 0.3) is 0 Å². The number of carbonyl (C=O) groups is 2. The number of rotatable bonds is 6. The van der Waals surface area contributed by atoms with Gasteiger partial charge in [0.1, 0.15) is 5.75 Å². The molecule has 0 aliphatic carbocycles. The van der Waals surface area contributed by atoms with Crippen LogP contribution in [-0.2, 0) is 0 Å². The Bertz CT molecular complexity index is 970. The van der Waals surface area contributed by atoms with E-state index in [0.717, 1.165) is 16.0 Å². The van der Waals surface area contributed by atoms with Gasteiger partial charge in [0.15, 0.2) is 5.78 Å². The minimum atomic E-state index is -1.03. The van der Waals surface area contributed by atoms with Crippen LogP contribution in [0.2, 0.25) is 0 Å². The van der Waals surface area contributed by atoms with Crippen LogP contribution in [0.3, 0.4) is 0 Å². The Labute approximate surface area is 155 Å². The van der Waals surface area contributed by atoms with E-state index in [1.807, 2.05) is 29.6 Å². The summed E-state index contributed by atoms with van der Waals surface area (Å²) >= 11 is 1.57. The zero-order chi connectivity index (χ0) is 18.7. The second-order valence-corrected chi connectivity index (χ2v) is 6.53. The molecule has 3 rings (SSSR count). The van der Waals surface area contributed by atoms with E-state index in [-0.39, 0.29) is 11.3 Å². The van der Waals surface area contributed by atoms with Crippen LogP contribution < -0.4 is 4.74 Å². The molecule has 4 nitrogen and oxygen atoms in total. The van der Waals surface area contributed by atoms with Crippen molar-refractivity contribution in [2.24, 2.45) is 0 Å². The number of carboxylic acids is 1. The van der Waals surface area contributed by atoms with Gasteiger partial charge in [0, 0.05) is 21.6 Å². The van der Waals surface area contributed by atoms with Crippen molar-refractivity contribution in [1.29, 1.82) is 0 Å². The molecular formula is C21H16O4S. The van der Waals surface area contributed by atoms with Gasteiger partial charge in [-0.25, -0.2) is 4.79 Å². The number of hydrogen-bond acceptors (Lipinski definition) is 4. The van der Waals surface area contributed by atoms with Crippen molar-refractivity contribution in [2.75, 3.05) is 7.11 Å². The third-order valence-electron chi connectivity index (χ3n) is 4.01. The molecular weight excluding hydrogens is 348 g/mol. The molecule has 0 bridgehead atoms. The van der Waals surface area contributed by atoms with Crippen LogP contribution in [0.15, 0.2) is 66.6 Å². The van der Waals surface area contributed by atoms with Crippen LogP contribution in [0, 0.1) is 0 Å². The van der Waals surface area contributed by atoms with Crippen molar-refractivity contribution < 1.29 is 19.4 Å². The number of ether oxygens (including phenoxy) is 1. The first kappa shape index (κ1) is 17.6. The predicted octanol–water partition coefficient (Wildman–Crippen LogP) is 5.02. The van der Waals surface area contributed by atoms with Crippen LogP contribution in [0.4, 0.5) is 0 Å². The number of carbonyl (C=O) groups excluding carboxylic acids is 1. The summed E-state index contributed by atoms with van der Waals surface area (Å²) < 4.78 is 5.30. The maximum Gasteiger partial charge on any atom is 0.335 e. The lowest BCUT2D eigenvalue weighted by Crippen LogP contribution is -2.04. The summed E-state index contributed by atoms with van der Waals surface area (Å²) in [5.74, 6) is -0.578. The maximum absolute atomic E-state index is 12.8. The zero-order valence-electron chi connectivity index (χ0n) is 14.1. The van der Waals surface area contributed by atoms with Gasteiger partial charge in [-0.05, 0) is 47.3 Å². The van der Waals surface area contributed by atoms with E-state index < -0.39 is 5.97 Å². The average molecular weight is 364 g/mol. The van der Waals surface area contributed by atoms with E-state index in [9.17, 15) is 9.59 Å². The molecule has 3 aromatic rings. The van der Waals surface area contributed by atoms with Crippen molar-refractivity contribution in [1.82, 2.24) is 0 Å². The lowest BCUT2D eigenvalue weighted by molar-refractivity contribution is 0.0696. The highest BCUT2D eigenvalue weighted by atomic mass is 32.1. The first-order chi connectivity index (χ1) is 12.5. The van der Waals surface area contributed by atoms with Gasteiger partial charge in [-0.15, -0.1) is 11.3 Å². The molecule has 0 saturated heterocycles. The number of aromatic carboxylic acids is 1. The van der Waals surface area contributed by atoms with Crippen LogP contribution in [0.1, 0.15) is 26.3 Å². The highest BCUT2D eigenvalue weighted by molar-refractivity contribution is 7.13. The van der Waals surface area contributed by atoms with Crippen molar-refractivity contribution >= 4 is 28.7 Å².